The van der Waals surface area contributed by atoms with Crippen molar-refractivity contribution in [1.82, 2.24) is 4.90 Å². The highest BCUT2D eigenvalue weighted by molar-refractivity contribution is 5.95. The fraction of sp³-hybridized carbons (Fsp3) is 0.462. The number of carbonyl (C=O) groups is 1. The fourth-order valence-corrected chi connectivity index (χ4v) is 1.64. The molecular formula is C13H19NO2. The van der Waals surface area contributed by atoms with E-state index in [4.69, 9.17) is 5.11 Å². The van der Waals surface area contributed by atoms with Gasteiger partial charge in [0, 0.05) is 19.2 Å². The van der Waals surface area contributed by atoms with Crippen LogP contribution in [-0.2, 0) is 6.42 Å². The Labute approximate surface area is 96.7 Å². The Morgan fingerprint density at radius 1 is 1.44 bits per heavy atom. The molecule has 1 aromatic carbocycles. The van der Waals surface area contributed by atoms with Gasteiger partial charge in [0.2, 0.25) is 0 Å². The van der Waals surface area contributed by atoms with Crippen LogP contribution in [0.15, 0.2) is 18.2 Å². The zero-order valence-corrected chi connectivity index (χ0v) is 10.2. The fourth-order valence-electron chi connectivity index (χ4n) is 1.64. The van der Waals surface area contributed by atoms with E-state index < -0.39 is 0 Å². The number of likely N-dealkylation sites (N-methyl/N-ethyl adjacent to an activating group) is 1. The summed E-state index contributed by atoms with van der Waals surface area (Å²) in [6, 6.07) is 5.89. The third-order valence-electron chi connectivity index (χ3n) is 2.71. The first-order chi connectivity index (χ1) is 7.60. The number of hydrogen-bond donors (Lipinski definition) is 1. The van der Waals surface area contributed by atoms with Gasteiger partial charge in [0.15, 0.2) is 0 Å². The van der Waals surface area contributed by atoms with Crippen LogP contribution in [0.1, 0.15) is 28.4 Å². The molecular weight excluding hydrogens is 202 g/mol. The lowest BCUT2D eigenvalue weighted by Crippen LogP contribution is -2.30. The van der Waals surface area contributed by atoms with Crippen LogP contribution in [0.5, 0.6) is 0 Å². The van der Waals surface area contributed by atoms with Crippen LogP contribution >= 0.6 is 0 Å². The minimum atomic E-state index is -0.0331. The molecule has 0 radical (unpaired) electrons. The van der Waals surface area contributed by atoms with E-state index >= 15 is 0 Å². The lowest BCUT2D eigenvalue weighted by atomic mass is 10.0. The average Bonchev–Trinajstić information content (AvgIpc) is 2.28. The summed E-state index contributed by atoms with van der Waals surface area (Å²) < 4.78 is 0. The molecule has 0 aliphatic rings. The topological polar surface area (TPSA) is 40.5 Å². The van der Waals surface area contributed by atoms with E-state index in [0.29, 0.717) is 12.1 Å². The molecule has 0 atom stereocenters. The molecule has 0 saturated carbocycles. The summed E-state index contributed by atoms with van der Waals surface area (Å²) in [4.78, 5) is 13.5. The van der Waals surface area contributed by atoms with Gasteiger partial charge < -0.3 is 10.0 Å². The quantitative estimate of drug-likeness (QED) is 0.839. The van der Waals surface area contributed by atoms with Gasteiger partial charge in [0.25, 0.3) is 5.91 Å². The van der Waals surface area contributed by atoms with E-state index in [1.165, 1.54) is 10.5 Å². The van der Waals surface area contributed by atoms with Gasteiger partial charge in [-0.2, -0.15) is 0 Å². The molecule has 0 fully saturated rings. The third-order valence-corrected chi connectivity index (χ3v) is 2.71. The molecule has 0 heterocycles. The predicted molar refractivity (Wildman–Crippen MR) is 64.6 cm³/mol. The number of aliphatic hydroxyl groups excluding tert-OH is 1. The zero-order chi connectivity index (χ0) is 12.1. The Morgan fingerprint density at radius 2 is 2.12 bits per heavy atom. The summed E-state index contributed by atoms with van der Waals surface area (Å²) in [6.07, 6.45) is 0.974. The summed E-state index contributed by atoms with van der Waals surface area (Å²) in [6.45, 7) is 4.40. The van der Waals surface area contributed by atoms with Crippen molar-refractivity contribution in [3.05, 3.63) is 34.9 Å². The lowest BCUT2D eigenvalue weighted by molar-refractivity contribution is 0.0766. The average molecular weight is 221 g/mol. The summed E-state index contributed by atoms with van der Waals surface area (Å²) >= 11 is 0. The largest absolute Gasteiger partial charge is 0.395 e. The van der Waals surface area contributed by atoms with Gasteiger partial charge in [-0.15, -0.1) is 0 Å². The molecule has 3 heteroatoms. The Morgan fingerprint density at radius 3 is 2.62 bits per heavy atom. The first-order valence-corrected chi connectivity index (χ1v) is 5.56. The van der Waals surface area contributed by atoms with Gasteiger partial charge in [0.1, 0.15) is 0 Å². The Balaban J connectivity index is 2.91. The number of rotatable bonds is 4. The Bertz CT molecular complexity index is 374. The molecule has 1 aromatic rings. The normalized spacial score (nSPS) is 10.2. The highest BCUT2D eigenvalue weighted by Gasteiger charge is 2.13. The molecule has 1 amide bonds. The van der Waals surface area contributed by atoms with E-state index in [1.807, 2.05) is 25.1 Å². The molecule has 0 unspecified atom stereocenters. The second-order valence-electron chi connectivity index (χ2n) is 3.95. The predicted octanol–water partition coefficient (Wildman–Crippen LogP) is 1.62. The van der Waals surface area contributed by atoms with Crippen LogP contribution in [0.3, 0.4) is 0 Å². The Hall–Kier alpha value is -1.35. The molecule has 0 spiro atoms. The summed E-state index contributed by atoms with van der Waals surface area (Å²) in [5.74, 6) is -0.0331. The van der Waals surface area contributed by atoms with Crippen LogP contribution in [0.4, 0.5) is 0 Å². The molecule has 0 aromatic heterocycles. The van der Waals surface area contributed by atoms with Crippen molar-refractivity contribution >= 4 is 5.91 Å². The van der Waals surface area contributed by atoms with E-state index in [-0.39, 0.29) is 12.5 Å². The maximum Gasteiger partial charge on any atom is 0.253 e. The van der Waals surface area contributed by atoms with Crippen molar-refractivity contribution in [2.24, 2.45) is 0 Å². The minimum Gasteiger partial charge on any atom is -0.395 e. The van der Waals surface area contributed by atoms with Crippen molar-refractivity contribution in [3.8, 4) is 0 Å². The number of nitrogens with zero attached hydrogens (tertiary/aromatic N) is 1. The number of hydrogen-bond acceptors (Lipinski definition) is 2. The lowest BCUT2D eigenvalue weighted by Gasteiger charge is -2.17. The third kappa shape index (κ3) is 2.83. The number of carbonyl (C=O) groups excluding carboxylic acids is 1. The maximum absolute atomic E-state index is 12.0. The molecule has 0 saturated heterocycles. The van der Waals surface area contributed by atoms with Crippen molar-refractivity contribution in [3.63, 3.8) is 0 Å². The number of amides is 1. The maximum atomic E-state index is 12.0. The van der Waals surface area contributed by atoms with Gasteiger partial charge in [-0.05, 0) is 30.5 Å². The van der Waals surface area contributed by atoms with Crippen LogP contribution in [0.25, 0.3) is 0 Å². The van der Waals surface area contributed by atoms with E-state index in [1.54, 1.807) is 7.05 Å². The van der Waals surface area contributed by atoms with Crippen LogP contribution in [-0.4, -0.2) is 36.1 Å². The van der Waals surface area contributed by atoms with Crippen molar-refractivity contribution in [2.75, 3.05) is 20.2 Å². The van der Waals surface area contributed by atoms with Crippen molar-refractivity contribution < 1.29 is 9.90 Å². The van der Waals surface area contributed by atoms with Gasteiger partial charge in [-0.3, -0.25) is 4.79 Å². The molecule has 3 nitrogen and oxygen atoms in total. The van der Waals surface area contributed by atoms with Crippen molar-refractivity contribution in [2.45, 2.75) is 20.3 Å². The van der Waals surface area contributed by atoms with Gasteiger partial charge in [0.05, 0.1) is 6.61 Å². The molecule has 0 bridgehead atoms. The summed E-state index contributed by atoms with van der Waals surface area (Å²) in [7, 11) is 1.70. The number of aliphatic hydroxyl groups is 1. The highest BCUT2D eigenvalue weighted by atomic mass is 16.3. The number of benzene rings is 1. The van der Waals surface area contributed by atoms with Gasteiger partial charge >= 0.3 is 0 Å². The molecule has 0 aliphatic carbocycles. The molecule has 1 N–H and O–H groups in total. The zero-order valence-electron chi connectivity index (χ0n) is 10.2. The summed E-state index contributed by atoms with van der Waals surface area (Å²) in [5.41, 5.74) is 2.95. The smallest absolute Gasteiger partial charge is 0.253 e. The van der Waals surface area contributed by atoms with Crippen LogP contribution in [0, 0.1) is 6.92 Å². The first-order valence-electron chi connectivity index (χ1n) is 5.56. The van der Waals surface area contributed by atoms with Gasteiger partial charge in [-0.25, -0.2) is 0 Å². The first kappa shape index (κ1) is 12.7. The Kier molecular flexibility index (Phi) is 4.50. The number of aryl methyl sites for hydroxylation is 2. The van der Waals surface area contributed by atoms with E-state index in [0.717, 1.165) is 12.0 Å². The van der Waals surface area contributed by atoms with Crippen LogP contribution < -0.4 is 0 Å². The van der Waals surface area contributed by atoms with E-state index in [2.05, 4.69) is 6.92 Å². The molecule has 0 aliphatic heterocycles. The second kappa shape index (κ2) is 5.66. The highest BCUT2D eigenvalue weighted by Crippen LogP contribution is 2.13. The van der Waals surface area contributed by atoms with Crippen LogP contribution in [0.2, 0.25) is 0 Å². The molecule has 1 rings (SSSR count). The van der Waals surface area contributed by atoms with Crippen molar-refractivity contribution in [1.29, 1.82) is 0 Å². The van der Waals surface area contributed by atoms with Gasteiger partial charge in [-0.1, -0.05) is 19.1 Å². The molecule has 88 valence electrons. The monoisotopic (exact) mass is 221 g/mol. The second-order valence-corrected chi connectivity index (χ2v) is 3.95. The molecule has 16 heavy (non-hydrogen) atoms. The van der Waals surface area contributed by atoms with E-state index in [9.17, 15) is 4.79 Å². The minimum absolute atomic E-state index is 0.00562. The SMILES string of the molecule is CCc1ccc(C(=O)N(C)CCO)c(C)c1. The summed E-state index contributed by atoms with van der Waals surface area (Å²) in [5, 5.41) is 8.79. The standard InChI is InChI=1S/C13H19NO2/c1-4-11-5-6-12(10(2)9-11)13(16)14(3)7-8-15/h5-6,9,15H,4,7-8H2,1-3H3.